The van der Waals surface area contributed by atoms with Gasteiger partial charge < -0.3 is 4.90 Å². The number of nitrogens with zero attached hydrogens (tertiary/aromatic N) is 2. The van der Waals surface area contributed by atoms with E-state index in [4.69, 9.17) is 0 Å². The lowest BCUT2D eigenvalue weighted by atomic mass is 10.1. The Morgan fingerprint density at radius 1 is 1.30 bits per heavy atom. The largest absolute Gasteiger partial charge is 0.302 e. The molecule has 0 N–H and O–H groups in total. The molecule has 0 aliphatic carbocycles. The van der Waals surface area contributed by atoms with Gasteiger partial charge >= 0.3 is 0 Å². The lowest BCUT2D eigenvalue weighted by Gasteiger charge is -2.29. The average Bonchev–Trinajstić information content (AvgIpc) is 2.29. The minimum Gasteiger partial charge on any atom is -0.302 e. The highest BCUT2D eigenvalue weighted by molar-refractivity contribution is 4.81. The van der Waals surface area contributed by atoms with Crippen molar-refractivity contribution in [2.75, 3.05) is 26.2 Å². The molecular weight excluding hydrogens is 124 g/mol. The molecule has 2 heterocycles. The van der Waals surface area contributed by atoms with E-state index in [0.717, 1.165) is 6.54 Å². The van der Waals surface area contributed by atoms with Gasteiger partial charge in [0.1, 0.15) is 0 Å². The van der Waals surface area contributed by atoms with Crippen LogP contribution in [0.5, 0.6) is 0 Å². The molecular formula is C8H15N2. The summed E-state index contributed by atoms with van der Waals surface area (Å²) >= 11 is 0. The Bertz CT molecular complexity index is 104. The van der Waals surface area contributed by atoms with Crippen molar-refractivity contribution < 1.29 is 0 Å². The molecule has 2 aliphatic rings. The first-order valence-corrected chi connectivity index (χ1v) is 4.34. The molecule has 2 rings (SSSR count). The van der Waals surface area contributed by atoms with Crippen LogP contribution >= 0.6 is 0 Å². The van der Waals surface area contributed by atoms with Gasteiger partial charge in [-0.1, -0.05) is 0 Å². The van der Waals surface area contributed by atoms with Crippen LogP contribution in [-0.4, -0.2) is 37.1 Å². The number of hydrogen-bond donors (Lipinski definition) is 0. The van der Waals surface area contributed by atoms with E-state index >= 15 is 0 Å². The van der Waals surface area contributed by atoms with Crippen molar-refractivity contribution in [3.05, 3.63) is 0 Å². The predicted molar refractivity (Wildman–Crippen MR) is 41.1 cm³/mol. The SMILES string of the molecule is C1CCN(CC2CC[N]2)C1. The molecule has 10 heavy (non-hydrogen) atoms. The Kier molecular flexibility index (Phi) is 1.91. The van der Waals surface area contributed by atoms with E-state index in [-0.39, 0.29) is 0 Å². The summed E-state index contributed by atoms with van der Waals surface area (Å²) in [5.74, 6) is 0. The van der Waals surface area contributed by atoms with Gasteiger partial charge in [0.05, 0.1) is 0 Å². The molecule has 0 spiro atoms. The summed E-state index contributed by atoms with van der Waals surface area (Å²) in [7, 11) is 0. The Hall–Kier alpha value is -0.0800. The summed E-state index contributed by atoms with van der Waals surface area (Å²) in [6.45, 7) is 5.02. The molecule has 2 nitrogen and oxygen atoms in total. The second-order valence-electron chi connectivity index (χ2n) is 3.36. The van der Waals surface area contributed by atoms with Crippen molar-refractivity contribution in [2.24, 2.45) is 0 Å². The molecule has 0 aromatic heterocycles. The van der Waals surface area contributed by atoms with Gasteiger partial charge in [-0.25, -0.2) is 5.32 Å². The van der Waals surface area contributed by atoms with Gasteiger partial charge in [-0.2, -0.15) is 0 Å². The Morgan fingerprint density at radius 2 is 2.00 bits per heavy atom. The zero-order valence-corrected chi connectivity index (χ0v) is 6.42. The topological polar surface area (TPSA) is 17.3 Å². The first-order valence-electron chi connectivity index (χ1n) is 4.34. The summed E-state index contributed by atoms with van der Waals surface area (Å²) in [6.07, 6.45) is 4.16. The van der Waals surface area contributed by atoms with Crippen LogP contribution in [0.3, 0.4) is 0 Å². The van der Waals surface area contributed by atoms with Crippen LogP contribution in [0.4, 0.5) is 0 Å². The summed E-state index contributed by atoms with van der Waals surface area (Å²) in [6, 6.07) is 0.707. The third kappa shape index (κ3) is 1.32. The molecule has 2 heteroatoms. The van der Waals surface area contributed by atoms with E-state index in [2.05, 4.69) is 10.2 Å². The van der Waals surface area contributed by atoms with Crippen molar-refractivity contribution in [1.29, 1.82) is 0 Å². The lowest BCUT2D eigenvalue weighted by molar-refractivity contribution is 0.237. The van der Waals surface area contributed by atoms with E-state index in [1.165, 1.54) is 38.9 Å². The monoisotopic (exact) mass is 139 g/mol. The number of hydrogen-bond acceptors (Lipinski definition) is 1. The molecule has 0 aromatic carbocycles. The average molecular weight is 139 g/mol. The third-order valence-corrected chi connectivity index (χ3v) is 2.52. The van der Waals surface area contributed by atoms with E-state index < -0.39 is 0 Å². The van der Waals surface area contributed by atoms with Crippen molar-refractivity contribution >= 4 is 0 Å². The molecule has 57 valence electrons. The van der Waals surface area contributed by atoms with Crippen LogP contribution in [0.15, 0.2) is 0 Å². The van der Waals surface area contributed by atoms with Crippen molar-refractivity contribution in [1.82, 2.24) is 10.2 Å². The highest BCUT2D eigenvalue weighted by Crippen LogP contribution is 2.12. The van der Waals surface area contributed by atoms with Gasteiger partial charge in [-0.05, 0) is 32.4 Å². The standard InChI is InChI=1S/C8H15N2/c1-2-6-10(5-1)7-8-3-4-9-8/h8H,1-7H2. The molecule has 1 unspecified atom stereocenters. The maximum absolute atomic E-state index is 4.39. The van der Waals surface area contributed by atoms with Gasteiger partial charge in [-0.3, -0.25) is 0 Å². The van der Waals surface area contributed by atoms with Crippen molar-refractivity contribution in [2.45, 2.75) is 25.3 Å². The molecule has 0 saturated carbocycles. The maximum atomic E-state index is 4.39. The van der Waals surface area contributed by atoms with Gasteiger partial charge in [0, 0.05) is 19.1 Å². The van der Waals surface area contributed by atoms with E-state index in [1.54, 1.807) is 0 Å². The van der Waals surface area contributed by atoms with E-state index in [1.807, 2.05) is 0 Å². The first-order chi connectivity index (χ1) is 4.95. The molecule has 0 aromatic rings. The quantitative estimate of drug-likeness (QED) is 0.543. The van der Waals surface area contributed by atoms with Gasteiger partial charge in [-0.15, -0.1) is 0 Å². The maximum Gasteiger partial charge on any atom is 0.0386 e. The zero-order chi connectivity index (χ0) is 6.81. The van der Waals surface area contributed by atoms with E-state index in [9.17, 15) is 0 Å². The fourth-order valence-corrected chi connectivity index (χ4v) is 1.72. The molecule has 1 radical (unpaired) electrons. The van der Waals surface area contributed by atoms with Crippen LogP contribution in [-0.2, 0) is 0 Å². The minimum absolute atomic E-state index is 0.707. The second-order valence-corrected chi connectivity index (χ2v) is 3.36. The second kappa shape index (κ2) is 2.89. The number of likely N-dealkylation sites (tertiary alicyclic amines) is 1. The summed E-state index contributed by atoms with van der Waals surface area (Å²) < 4.78 is 0. The Balaban J connectivity index is 1.68. The van der Waals surface area contributed by atoms with Crippen LogP contribution < -0.4 is 5.32 Å². The fraction of sp³-hybridized carbons (Fsp3) is 1.00. The molecule has 0 amide bonds. The zero-order valence-electron chi connectivity index (χ0n) is 6.42. The van der Waals surface area contributed by atoms with E-state index in [0.29, 0.717) is 6.04 Å². The third-order valence-electron chi connectivity index (χ3n) is 2.52. The van der Waals surface area contributed by atoms with Crippen molar-refractivity contribution in [3.63, 3.8) is 0 Å². The highest BCUT2D eigenvalue weighted by atomic mass is 15.2. The van der Waals surface area contributed by atoms with Crippen LogP contribution in [0.1, 0.15) is 19.3 Å². The Morgan fingerprint density at radius 3 is 2.50 bits per heavy atom. The molecule has 0 bridgehead atoms. The summed E-state index contributed by atoms with van der Waals surface area (Å²) in [5.41, 5.74) is 0. The smallest absolute Gasteiger partial charge is 0.0386 e. The Labute approximate surface area is 62.6 Å². The highest BCUT2D eigenvalue weighted by Gasteiger charge is 2.22. The summed E-state index contributed by atoms with van der Waals surface area (Å²) in [4.78, 5) is 2.55. The van der Waals surface area contributed by atoms with Crippen LogP contribution in [0.2, 0.25) is 0 Å². The summed E-state index contributed by atoms with van der Waals surface area (Å²) in [5, 5.41) is 4.39. The predicted octanol–water partition coefficient (Wildman–Crippen LogP) is 0.459. The van der Waals surface area contributed by atoms with Crippen LogP contribution in [0.25, 0.3) is 0 Å². The lowest BCUT2D eigenvalue weighted by Crippen LogP contribution is -2.44. The first kappa shape index (κ1) is 6.62. The van der Waals surface area contributed by atoms with Gasteiger partial charge in [0.15, 0.2) is 0 Å². The minimum atomic E-state index is 0.707. The van der Waals surface area contributed by atoms with Crippen molar-refractivity contribution in [3.8, 4) is 0 Å². The molecule has 2 aliphatic heterocycles. The van der Waals surface area contributed by atoms with Crippen LogP contribution in [0, 0.1) is 0 Å². The van der Waals surface area contributed by atoms with Gasteiger partial charge in [0.2, 0.25) is 0 Å². The normalized spacial score (nSPS) is 34.2. The molecule has 2 fully saturated rings. The van der Waals surface area contributed by atoms with Gasteiger partial charge in [0.25, 0.3) is 0 Å². The molecule has 1 atom stereocenters. The fourth-order valence-electron chi connectivity index (χ4n) is 1.72. The molecule has 2 saturated heterocycles. The number of rotatable bonds is 2.